The zero-order valence-corrected chi connectivity index (χ0v) is 12.2. The summed E-state index contributed by atoms with van der Waals surface area (Å²) in [6.45, 7) is 4.46. The van der Waals surface area contributed by atoms with Gasteiger partial charge < -0.3 is 10.1 Å². The number of halogens is 2. The fourth-order valence-electron chi connectivity index (χ4n) is 1.83. The molecule has 0 atom stereocenters. The van der Waals surface area contributed by atoms with Crippen molar-refractivity contribution in [2.75, 3.05) is 5.32 Å². The maximum atomic E-state index is 13.6. The molecule has 0 aliphatic carbocycles. The lowest BCUT2D eigenvalue weighted by Crippen LogP contribution is -2.06. The molecule has 0 aromatic heterocycles. The zero-order valence-electron chi connectivity index (χ0n) is 11.5. The Morgan fingerprint density at radius 2 is 2.00 bits per heavy atom. The Morgan fingerprint density at radius 1 is 1.20 bits per heavy atom. The number of rotatable bonds is 5. The number of ether oxygens (including phenoxy) is 1. The Bertz CT molecular complexity index is 586. The van der Waals surface area contributed by atoms with Crippen LogP contribution in [0.5, 0.6) is 5.75 Å². The van der Waals surface area contributed by atoms with E-state index in [9.17, 15) is 4.39 Å². The van der Waals surface area contributed by atoms with Gasteiger partial charge in [-0.3, -0.25) is 0 Å². The highest BCUT2D eigenvalue weighted by Crippen LogP contribution is 2.21. The summed E-state index contributed by atoms with van der Waals surface area (Å²) >= 11 is 5.85. The van der Waals surface area contributed by atoms with E-state index in [-0.39, 0.29) is 11.9 Å². The summed E-state index contributed by atoms with van der Waals surface area (Å²) in [6, 6.07) is 12.2. The van der Waals surface area contributed by atoms with E-state index < -0.39 is 0 Å². The fourth-order valence-corrected chi connectivity index (χ4v) is 2.00. The second-order valence-electron chi connectivity index (χ2n) is 4.79. The largest absolute Gasteiger partial charge is 0.491 e. The van der Waals surface area contributed by atoms with Crippen molar-refractivity contribution in [3.8, 4) is 5.75 Å². The summed E-state index contributed by atoms with van der Waals surface area (Å²) in [7, 11) is 0. The molecule has 4 heteroatoms. The molecule has 20 heavy (non-hydrogen) atoms. The van der Waals surface area contributed by atoms with Gasteiger partial charge in [0.15, 0.2) is 0 Å². The predicted molar refractivity (Wildman–Crippen MR) is 80.9 cm³/mol. The molecule has 0 fully saturated rings. The molecular weight excluding hydrogens is 277 g/mol. The quantitative estimate of drug-likeness (QED) is 0.848. The molecule has 0 bridgehead atoms. The van der Waals surface area contributed by atoms with Crippen LogP contribution in [0.15, 0.2) is 42.5 Å². The summed E-state index contributed by atoms with van der Waals surface area (Å²) < 4.78 is 19.2. The summed E-state index contributed by atoms with van der Waals surface area (Å²) in [5, 5.41) is 3.54. The molecule has 2 rings (SSSR count). The van der Waals surface area contributed by atoms with Crippen molar-refractivity contribution < 1.29 is 9.13 Å². The third-order valence-electron chi connectivity index (χ3n) is 2.68. The Labute approximate surface area is 123 Å². The third-order valence-corrected chi connectivity index (χ3v) is 2.92. The summed E-state index contributed by atoms with van der Waals surface area (Å²) in [5.74, 6) is 0.495. The fraction of sp³-hybridized carbons (Fsp3) is 0.250. The molecule has 2 nitrogen and oxygen atoms in total. The smallest absolute Gasteiger partial charge is 0.146 e. The minimum Gasteiger partial charge on any atom is -0.491 e. The predicted octanol–water partition coefficient (Wildman–Crippen LogP) is 4.88. The third kappa shape index (κ3) is 4.14. The molecule has 0 radical (unpaired) electrons. The second-order valence-corrected chi connectivity index (χ2v) is 5.23. The van der Waals surface area contributed by atoms with E-state index in [1.165, 1.54) is 12.1 Å². The number of hydrogen-bond acceptors (Lipinski definition) is 2. The van der Waals surface area contributed by atoms with E-state index in [2.05, 4.69) is 5.32 Å². The van der Waals surface area contributed by atoms with Crippen molar-refractivity contribution in [3.63, 3.8) is 0 Å². The molecule has 0 heterocycles. The van der Waals surface area contributed by atoms with Crippen LogP contribution in [0.25, 0.3) is 0 Å². The molecule has 2 aromatic carbocycles. The van der Waals surface area contributed by atoms with Crippen LogP contribution in [0.1, 0.15) is 19.4 Å². The summed E-state index contributed by atoms with van der Waals surface area (Å²) in [6.07, 6.45) is 0.128. The molecule has 0 unspecified atom stereocenters. The zero-order chi connectivity index (χ0) is 14.5. The van der Waals surface area contributed by atoms with Gasteiger partial charge in [0.2, 0.25) is 0 Å². The van der Waals surface area contributed by atoms with Gasteiger partial charge in [-0.1, -0.05) is 23.7 Å². The SMILES string of the molecule is CC(C)Oc1cccc(CNc2cc(Cl)ccc2F)c1. The number of benzene rings is 2. The maximum Gasteiger partial charge on any atom is 0.146 e. The maximum absolute atomic E-state index is 13.6. The average molecular weight is 294 g/mol. The van der Waals surface area contributed by atoms with E-state index in [0.717, 1.165) is 11.3 Å². The monoisotopic (exact) mass is 293 g/mol. The van der Waals surface area contributed by atoms with Crippen LogP contribution in [0.4, 0.5) is 10.1 Å². The van der Waals surface area contributed by atoms with E-state index in [4.69, 9.17) is 16.3 Å². The number of hydrogen-bond donors (Lipinski definition) is 1. The molecule has 0 saturated heterocycles. The molecule has 1 N–H and O–H groups in total. The van der Waals surface area contributed by atoms with Crippen LogP contribution in [-0.4, -0.2) is 6.10 Å². The van der Waals surface area contributed by atoms with Gasteiger partial charge in [-0.2, -0.15) is 0 Å². The summed E-state index contributed by atoms with van der Waals surface area (Å²) in [4.78, 5) is 0. The van der Waals surface area contributed by atoms with E-state index in [1.807, 2.05) is 38.1 Å². The first kappa shape index (κ1) is 14.7. The van der Waals surface area contributed by atoms with Gasteiger partial charge in [0, 0.05) is 11.6 Å². The Morgan fingerprint density at radius 3 is 2.75 bits per heavy atom. The molecule has 106 valence electrons. The van der Waals surface area contributed by atoms with Crippen molar-refractivity contribution in [1.29, 1.82) is 0 Å². The lowest BCUT2D eigenvalue weighted by Gasteiger charge is -2.12. The number of nitrogens with one attached hydrogen (secondary N) is 1. The van der Waals surface area contributed by atoms with E-state index >= 15 is 0 Å². The normalized spacial score (nSPS) is 10.7. The van der Waals surface area contributed by atoms with Crippen LogP contribution in [-0.2, 0) is 6.54 Å². The van der Waals surface area contributed by atoms with E-state index in [1.54, 1.807) is 6.07 Å². The van der Waals surface area contributed by atoms with Crippen LogP contribution in [0.3, 0.4) is 0 Å². The molecule has 2 aromatic rings. The molecule has 0 spiro atoms. The van der Waals surface area contributed by atoms with Gasteiger partial charge in [0.05, 0.1) is 11.8 Å². The highest BCUT2D eigenvalue weighted by molar-refractivity contribution is 6.30. The summed E-state index contributed by atoms with van der Waals surface area (Å²) in [5.41, 5.74) is 1.41. The van der Waals surface area contributed by atoms with Crippen LogP contribution in [0, 0.1) is 5.82 Å². The first-order valence-corrected chi connectivity index (χ1v) is 6.87. The van der Waals surface area contributed by atoms with Crippen molar-refractivity contribution in [2.24, 2.45) is 0 Å². The second kappa shape index (κ2) is 6.62. The van der Waals surface area contributed by atoms with Gasteiger partial charge in [-0.05, 0) is 49.7 Å². The highest BCUT2D eigenvalue weighted by Gasteiger charge is 2.04. The Kier molecular flexibility index (Phi) is 4.85. The minimum absolute atomic E-state index is 0.128. The molecule has 0 amide bonds. The molecular formula is C16H17ClFNO. The molecule has 0 aliphatic heterocycles. The highest BCUT2D eigenvalue weighted by atomic mass is 35.5. The van der Waals surface area contributed by atoms with Crippen LogP contribution in [0.2, 0.25) is 5.02 Å². The van der Waals surface area contributed by atoms with Gasteiger partial charge in [0.1, 0.15) is 11.6 Å². The van der Waals surface area contributed by atoms with Gasteiger partial charge in [0.25, 0.3) is 0 Å². The first-order chi connectivity index (χ1) is 9.54. The Hall–Kier alpha value is -1.74. The molecule has 0 aliphatic rings. The van der Waals surface area contributed by atoms with Crippen molar-refractivity contribution in [2.45, 2.75) is 26.5 Å². The lowest BCUT2D eigenvalue weighted by atomic mass is 10.2. The number of anilines is 1. The van der Waals surface area contributed by atoms with Crippen molar-refractivity contribution >= 4 is 17.3 Å². The molecule has 0 saturated carbocycles. The van der Waals surface area contributed by atoms with Crippen LogP contribution >= 0.6 is 11.6 Å². The topological polar surface area (TPSA) is 21.3 Å². The van der Waals surface area contributed by atoms with Crippen molar-refractivity contribution in [3.05, 3.63) is 58.9 Å². The van der Waals surface area contributed by atoms with Crippen LogP contribution < -0.4 is 10.1 Å². The minimum atomic E-state index is -0.316. The van der Waals surface area contributed by atoms with Gasteiger partial charge in [-0.15, -0.1) is 0 Å². The van der Waals surface area contributed by atoms with Gasteiger partial charge >= 0.3 is 0 Å². The standard InChI is InChI=1S/C16H17ClFNO/c1-11(2)20-14-5-3-4-12(8-14)10-19-16-9-13(17)6-7-15(16)18/h3-9,11,19H,10H2,1-2H3. The first-order valence-electron chi connectivity index (χ1n) is 6.49. The lowest BCUT2D eigenvalue weighted by molar-refractivity contribution is 0.242. The van der Waals surface area contributed by atoms with Crippen molar-refractivity contribution in [1.82, 2.24) is 0 Å². The van der Waals surface area contributed by atoms with Gasteiger partial charge in [-0.25, -0.2) is 4.39 Å². The average Bonchev–Trinajstić information content (AvgIpc) is 2.39. The Balaban J connectivity index is 2.05. The van der Waals surface area contributed by atoms with E-state index in [0.29, 0.717) is 17.3 Å².